The molecule has 262 valence electrons. The molecule has 8 rings (SSSR count). The molecule has 0 saturated carbocycles. The smallest absolute Gasteiger partial charge is 0.417 e. The lowest BCUT2D eigenvalue weighted by Crippen LogP contribution is -2.29. The average molecular weight is 715 g/mol. The lowest BCUT2D eigenvalue weighted by molar-refractivity contribution is -0.162. The van der Waals surface area contributed by atoms with Crippen LogP contribution in [0.1, 0.15) is 11.1 Å². The van der Waals surface area contributed by atoms with Crippen molar-refractivity contribution >= 4 is 34.1 Å². The second-order valence-corrected chi connectivity index (χ2v) is 12.7. The Kier molecular flexibility index (Phi) is 8.20. The number of hydrogen-bond acceptors (Lipinski definition) is 2. The van der Waals surface area contributed by atoms with Crippen molar-refractivity contribution in [1.29, 1.82) is 0 Å². The van der Waals surface area contributed by atoms with Crippen LogP contribution in [0, 0.1) is 5.21 Å². The number of anilines is 3. The molecule has 7 aromatic rings. The van der Waals surface area contributed by atoms with Crippen molar-refractivity contribution in [3.8, 4) is 33.4 Å². The first-order chi connectivity index (χ1) is 25.4. The van der Waals surface area contributed by atoms with Crippen molar-refractivity contribution in [2.75, 3.05) is 4.90 Å². The van der Waals surface area contributed by atoms with Crippen LogP contribution in [0.4, 0.5) is 60.5 Å². The topological polar surface area (TPSA) is 26.3 Å². The Labute approximate surface area is 301 Å². The minimum absolute atomic E-state index is 0.00944. The Hall–Kier alpha value is -6.16. The number of nitrogens with zero attached hydrogens (tertiary/aromatic N) is 2. The molecule has 0 saturated heterocycles. The molecule has 1 aliphatic rings. The van der Waals surface area contributed by atoms with Gasteiger partial charge in [0.15, 0.2) is 11.4 Å². The maximum atomic E-state index is 15.2. The largest absolute Gasteiger partial charge is 0.616 e. The molecule has 0 fully saturated rings. The first-order valence-corrected chi connectivity index (χ1v) is 16.7. The predicted molar refractivity (Wildman–Crippen MR) is 198 cm³/mol. The molecule has 1 heterocycles. The maximum absolute atomic E-state index is 15.2. The highest BCUT2D eigenvalue weighted by atomic mass is 19.4. The summed E-state index contributed by atoms with van der Waals surface area (Å²) in [6.07, 6.45) is -10.3. The van der Waals surface area contributed by atoms with Gasteiger partial charge in [-0.25, -0.2) is 0 Å². The number of fused-ring (bicyclic) bond motifs is 3. The van der Waals surface area contributed by atoms with Crippen molar-refractivity contribution in [2.45, 2.75) is 12.4 Å². The summed E-state index contributed by atoms with van der Waals surface area (Å²) < 4.78 is 79.7. The average Bonchev–Trinajstić information content (AvgIpc) is 3.43. The van der Waals surface area contributed by atoms with Crippen molar-refractivity contribution in [3.63, 3.8) is 0 Å². The van der Waals surface area contributed by atoms with E-state index < -0.39 is 28.1 Å². The number of hydrogen-bond donors (Lipinski definition) is 0. The van der Waals surface area contributed by atoms with E-state index in [1.54, 1.807) is 36.4 Å². The molecule has 1 unspecified atom stereocenters. The summed E-state index contributed by atoms with van der Waals surface area (Å²) in [5.74, 6) is 0. The van der Waals surface area contributed by atoms with Crippen LogP contribution in [0.25, 0.3) is 33.4 Å². The van der Waals surface area contributed by atoms with Crippen molar-refractivity contribution in [1.82, 2.24) is 4.65 Å². The van der Waals surface area contributed by atoms with Crippen molar-refractivity contribution < 1.29 is 26.3 Å². The Bertz CT molecular complexity index is 2390. The number of alkyl halides is 6. The summed E-state index contributed by atoms with van der Waals surface area (Å²) in [6.45, 7) is 0. The van der Waals surface area contributed by atoms with Crippen LogP contribution in [0.5, 0.6) is 0 Å². The van der Waals surface area contributed by atoms with Gasteiger partial charge in [0.1, 0.15) is 5.69 Å². The van der Waals surface area contributed by atoms with E-state index in [4.69, 9.17) is 0 Å². The second kappa shape index (κ2) is 12.8. The lowest BCUT2D eigenvalue weighted by Gasteiger charge is -2.38. The van der Waals surface area contributed by atoms with E-state index in [0.29, 0.717) is 34.8 Å². The van der Waals surface area contributed by atoms with Crippen LogP contribution in [0.2, 0.25) is 0 Å². The zero-order chi connectivity index (χ0) is 37.0. The van der Waals surface area contributed by atoms with Crippen molar-refractivity contribution in [3.05, 3.63) is 186 Å². The van der Waals surface area contributed by atoms with Gasteiger partial charge in [-0.1, -0.05) is 78.9 Å². The quantitative estimate of drug-likeness (QED) is 0.0974. The van der Waals surface area contributed by atoms with Crippen molar-refractivity contribution in [2.24, 2.45) is 0 Å². The van der Waals surface area contributed by atoms with Gasteiger partial charge in [0.2, 0.25) is 0 Å². The summed E-state index contributed by atoms with van der Waals surface area (Å²) in [5.41, 5.74) is 4.48. The van der Waals surface area contributed by atoms with Crippen LogP contribution >= 0.6 is 0 Å². The highest BCUT2D eigenvalue weighted by Gasteiger charge is 2.43. The number of benzene rings is 7. The lowest BCUT2D eigenvalue weighted by atomic mass is 9.96. The molecule has 0 aliphatic carbocycles. The minimum atomic E-state index is -5.17. The van der Waals surface area contributed by atoms with E-state index in [0.717, 1.165) is 45.4 Å². The molecule has 9 heteroatoms. The molecule has 0 amide bonds. The van der Waals surface area contributed by atoms with Gasteiger partial charge in [-0.3, -0.25) is 4.65 Å². The fourth-order valence-electron chi connectivity index (χ4n) is 7.06. The minimum Gasteiger partial charge on any atom is -0.616 e. The standard InChI is InChI=1S/C44H28F6N2O/c45-43(46,47)39-25-21-32(27-40(39)44(48,49)50)31-17-15-29(16-18-31)30-19-23-36(24-20-30)52(53)41-14-8-7-13-37(41)38-28-35(22-26-42(38)52)51(33-9-3-1-4-10-33)34-11-5-2-6-12-34/h1-28H. The fraction of sp³-hybridized carbons (Fsp3) is 0.0455. The maximum Gasteiger partial charge on any atom is 0.417 e. The monoisotopic (exact) mass is 714 g/mol. The summed E-state index contributed by atoms with van der Waals surface area (Å²) in [5, 5.41) is 15.2. The van der Waals surface area contributed by atoms with Crippen LogP contribution in [-0.4, -0.2) is 0 Å². The van der Waals surface area contributed by atoms with Crippen LogP contribution in [0.15, 0.2) is 170 Å². The van der Waals surface area contributed by atoms with Gasteiger partial charge in [0.05, 0.1) is 16.7 Å². The van der Waals surface area contributed by atoms with Gasteiger partial charge >= 0.3 is 12.4 Å². The SMILES string of the molecule is [O-][N+]1(c2ccc(-c3ccc(-c4ccc(C(F)(F)F)c(C(F)(F)F)c4)cc3)cc2)c2ccccc2-c2cc(N(c3ccccc3)c3ccccc3)ccc21. The third kappa shape index (κ3) is 6.03. The molecule has 0 aromatic heterocycles. The van der Waals surface area contributed by atoms with Gasteiger partial charge in [0, 0.05) is 46.9 Å². The predicted octanol–water partition coefficient (Wildman–Crippen LogP) is 14.0. The van der Waals surface area contributed by atoms with Crippen LogP contribution in [0.3, 0.4) is 0 Å². The first-order valence-electron chi connectivity index (χ1n) is 16.7. The zero-order valence-corrected chi connectivity index (χ0v) is 27.7. The molecule has 0 bridgehead atoms. The molecule has 7 aromatic carbocycles. The van der Waals surface area contributed by atoms with E-state index in [-0.39, 0.29) is 5.56 Å². The molecule has 3 nitrogen and oxygen atoms in total. The highest BCUT2D eigenvalue weighted by Crippen LogP contribution is 2.58. The molecule has 0 spiro atoms. The van der Waals surface area contributed by atoms with Gasteiger partial charge in [-0.2, -0.15) is 26.3 Å². The number of halogens is 6. The Morgan fingerprint density at radius 1 is 0.396 bits per heavy atom. The van der Waals surface area contributed by atoms with Gasteiger partial charge in [-0.05, 0) is 89.0 Å². The van der Waals surface area contributed by atoms with E-state index >= 15 is 5.21 Å². The second-order valence-electron chi connectivity index (χ2n) is 12.7. The normalized spacial score (nSPS) is 15.2. The van der Waals surface area contributed by atoms with Gasteiger partial charge in [-0.15, -0.1) is 0 Å². The van der Waals surface area contributed by atoms with E-state index in [1.165, 1.54) is 0 Å². The highest BCUT2D eigenvalue weighted by molar-refractivity contribution is 6.00. The summed E-state index contributed by atoms with van der Waals surface area (Å²) >= 11 is 0. The molecule has 1 atom stereocenters. The molecule has 1 aliphatic heterocycles. The number of para-hydroxylation sites is 3. The molecular formula is C44H28F6N2O. The number of quaternary nitrogens is 1. The summed E-state index contributed by atoms with van der Waals surface area (Å²) in [7, 11) is 0. The Morgan fingerprint density at radius 2 is 0.868 bits per heavy atom. The van der Waals surface area contributed by atoms with Gasteiger partial charge in [0.25, 0.3) is 0 Å². The van der Waals surface area contributed by atoms with E-state index in [9.17, 15) is 26.3 Å². The molecule has 53 heavy (non-hydrogen) atoms. The zero-order valence-electron chi connectivity index (χ0n) is 27.7. The van der Waals surface area contributed by atoms with Crippen LogP contribution in [-0.2, 0) is 12.4 Å². The Balaban J connectivity index is 1.13. The summed E-state index contributed by atoms with van der Waals surface area (Å²) in [4.78, 5) is 2.15. The molecule has 0 N–H and O–H groups in total. The number of rotatable bonds is 6. The van der Waals surface area contributed by atoms with Gasteiger partial charge < -0.3 is 10.1 Å². The third-order valence-corrected chi connectivity index (χ3v) is 9.55. The first kappa shape index (κ1) is 34.0. The van der Waals surface area contributed by atoms with Crippen LogP contribution < -0.4 is 9.55 Å². The molecular weight excluding hydrogens is 686 g/mol. The third-order valence-electron chi connectivity index (χ3n) is 9.55. The fourth-order valence-corrected chi connectivity index (χ4v) is 7.06. The Morgan fingerprint density at radius 3 is 1.43 bits per heavy atom. The summed E-state index contributed by atoms with van der Waals surface area (Å²) in [6, 6.07) is 49.1. The molecule has 0 radical (unpaired) electrons. The van der Waals surface area contributed by atoms with E-state index in [1.807, 2.05) is 109 Å². The van der Waals surface area contributed by atoms with E-state index in [2.05, 4.69) is 11.0 Å².